The maximum absolute atomic E-state index is 12.9. The van der Waals surface area contributed by atoms with Crippen LogP contribution in [0.3, 0.4) is 0 Å². The lowest BCUT2D eigenvalue weighted by atomic mass is 10.0. The number of esters is 3. The van der Waals surface area contributed by atoms with Gasteiger partial charge in [0.05, 0.1) is 0 Å². The Kier molecular flexibility index (Phi) is 61.1. The predicted molar refractivity (Wildman–Crippen MR) is 321 cm³/mol. The van der Waals surface area contributed by atoms with Crippen molar-refractivity contribution in [3.8, 4) is 0 Å². The minimum atomic E-state index is -0.778. The van der Waals surface area contributed by atoms with Crippen molar-refractivity contribution < 1.29 is 28.6 Å². The summed E-state index contributed by atoms with van der Waals surface area (Å²) < 4.78 is 16.9. The Balaban J connectivity index is 4.22. The van der Waals surface area contributed by atoms with Crippen molar-refractivity contribution in [2.75, 3.05) is 13.2 Å². The average molecular weight is 1040 g/mol. The lowest BCUT2D eigenvalue weighted by Crippen LogP contribution is -2.30. The Morgan fingerprint density at radius 3 is 0.824 bits per heavy atom. The highest BCUT2D eigenvalue weighted by molar-refractivity contribution is 5.71. The molecule has 1 atom stereocenters. The molecular formula is C68H126O6. The monoisotopic (exact) mass is 1040 g/mol. The molecule has 0 aromatic carbocycles. The number of carbonyl (C=O) groups excluding carboxylic acids is 3. The third-order valence-corrected chi connectivity index (χ3v) is 14.9. The molecule has 0 aromatic rings. The van der Waals surface area contributed by atoms with Crippen LogP contribution in [-0.2, 0) is 28.6 Å². The van der Waals surface area contributed by atoms with E-state index in [0.29, 0.717) is 19.3 Å². The standard InChI is InChI=1S/C68H126O6/c1-4-7-10-13-16-19-22-25-28-29-30-31-32-33-34-35-36-37-38-41-43-46-49-52-55-58-61-67(70)73-64-65(74-68(71)62-59-56-53-50-47-44-40-27-24-21-18-15-12-9-6-3)63-72-66(69)60-57-54-51-48-45-42-39-26-23-20-17-14-11-8-5-2/h9,12,18,21,27,40,65H,4-8,10-11,13-17,19-20,22-26,28-39,41-64H2,1-3H3/b12-9-,21-18-,40-27-. The molecule has 0 aliphatic rings. The fourth-order valence-corrected chi connectivity index (χ4v) is 9.99. The van der Waals surface area contributed by atoms with Crippen LogP contribution in [0.2, 0.25) is 0 Å². The molecule has 6 nitrogen and oxygen atoms in total. The zero-order valence-electron chi connectivity index (χ0n) is 49.9. The molecule has 0 N–H and O–H groups in total. The number of ether oxygens (including phenoxy) is 3. The molecule has 0 fully saturated rings. The van der Waals surface area contributed by atoms with Crippen LogP contribution in [0.1, 0.15) is 361 Å². The summed E-state index contributed by atoms with van der Waals surface area (Å²) in [4.78, 5) is 38.3. The van der Waals surface area contributed by atoms with Gasteiger partial charge in [-0.05, 0) is 51.4 Å². The molecule has 0 aromatic heterocycles. The Bertz CT molecular complexity index is 1240. The molecule has 0 aliphatic carbocycles. The minimum Gasteiger partial charge on any atom is -0.462 e. The molecule has 0 rings (SSSR count). The van der Waals surface area contributed by atoms with Crippen molar-refractivity contribution in [1.29, 1.82) is 0 Å². The first kappa shape index (κ1) is 71.6. The Morgan fingerprint density at radius 2 is 0.527 bits per heavy atom. The quantitative estimate of drug-likeness (QED) is 0.0261. The van der Waals surface area contributed by atoms with Crippen LogP contribution < -0.4 is 0 Å². The molecule has 0 spiro atoms. The van der Waals surface area contributed by atoms with E-state index in [1.807, 2.05) is 0 Å². The smallest absolute Gasteiger partial charge is 0.306 e. The first-order chi connectivity index (χ1) is 36.5. The summed E-state index contributed by atoms with van der Waals surface area (Å²) in [5.41, 5.74) is 0. The minimum absolute atomic E-state index is 0.0739. The highest BCUT2D eigenvalue weighted by atomic mass is 16.6. The van der Waals surface area contributed by atoms with Gasteiger partial charge < -0.3 is 14.2 Å². The van der Waals surface area contributed by atoms with E-state index in [1.165, 1.54) is 225 Å². The van der Waals surface area contributed by atoms with Crippen LogP contribution in [0.15, 0.2) is 36.5 Å². The Labute approximate surface area is 461 Å². The van der Waals surface area contributed by atoms with E-state index in [9.17, 15) is 14.4 Å². The summed E-state index contributed by atoms with van der Waals surface area (Å²) in [6.45, 7) is 6.58. The lowest BCUT2D eigenvalue weighted by Gasteiger charge is -2.18. The molecule has 74 heavy (non-hydrogen) atoms. The fourth-order valence-electron chi connectivity index (χ4n) is 9.99. The third-order valence-electron chi connectivity index (χ3n) is 14.9. The van der Waals surface area contributed by atoms with Gasteiger partial charge in [0, 0.05) is 19.3 Å². The molecule has 0 aliphatic heterocycles. The van der Waals surface area contributed by atoms with Gasteiger partial charge in [-0.15, -0.1) is 0 Å². The number of rotatable bonds is 61. The average Bonchev–Trinajstić information content (AvgIpc) is 3.40. The fraction of sp³-hybridized carbons (Fsp3) is 0.868. The highest BCUT2D eigenvalue weighted by Crippen LogP contribution is 2.18. The number of hydrogen-bond acceptors (Lipinski definition) is 6. The van der Waals surface area contributed by atoms with Gasteiger partial charge in [0.25, 0.3) is 0 Å². The second kappa shape index (κ2) is 63.2. The zero-order chi connectivity index (χ0) is 53.6. The zero-order valence-corrected chi connectivity index (χ0v) is 49.9. The van der Waals surface area contributed by atoms with E-state index in [-0.39, 0.29) is 31.1 Å². The largest absolute Gasteiger partial charge is 0.462 e. The summed E-state index contributed by atoms with van der Waals surface area (Å²) in [5, 5.41) is 0. The summed E-state index contributed by atoms with van der Waals surface area (Å²) >= 11 is 0. The van der Waals surface area contributed by atoms with E-state index in [2.05, 4.69) is 57.2 Å². The maximum atomic E-state index is 12.9. The number of allylic oxidation sites excluding steroid dienone is 6. The second-order valence-corrected chi connectivity index (χ2v) is 22.4. The van der Waals surface area contributed by atoms with Gasteiger partial charge in [0.15, 0.2) is 6.10 Å². The van der Waals surface area contributed by atoms with Crippen LogP contribution in [-0.4, -0.2) is 37.2 Å². The highest BCUT2D eigenvalue weighted by Gasteiger charge is 2.19. The molecule has 0 saturated carbocycles. The van der Waals surface area contributed by atoms with Crippen LogP contribution >= 0.6 is 0 Å². The van der Waals surface area contributed by atoms with Gasteiger partial charge in [-0.1, -0.05) is 327 Å². The maximum Gasteiger partial charge on any atom is 0.306 e. The summed E-state index contributed by atoms with van der Waals surface area (Å²) in [6, 6.07) is 0. The molecule has 434 valence electrons. The van der Waals surface area contributed by atoms with E-state index in [0.717, 1.165) is 96.3 Å². The molecule has 0 amide bonds. The van der Waals surface area contributed by atoms with Crippen LogP contribution in [0.5, 0.6) is 0 Å². The number of unbranched alkanes of at least 4 members (excludes halogenated alkanes) is 44. The van der Waals surface area contributed by atoms with Crippen molar-refractivity contribution in [2.24, 2.45) is 0 Å². The van der Waals surface area contributed by atoms with Crippen molar-refractivity contribution >= 4 is 17.9 Å². The number of carbonyl (C=O) groups is 3. The van der Waals surface area contributed by atoms with Crippen molar-refractivity contribution in [2.45, 2.75) is 367 Å². The van der Waals surface area contributed by atoms with E-state index >= 15 is 0 Å². The molecule has 0 saturated heterocycles. The number of hydrogen-bond donors (Lipinski definition) is 0. The summed E-state index contributed by atoms with van der Waals surface area (Å²) in [6.07, 6.45) is 77.4. The van der Waals surface area contributed by atoms with Gasteiger partial charge in [-0.3, -0.25) is 14.4 Å². The van der Waals surface area contributed by atoms with E-state index in [4.69, 9.17) is 14.2 Å². The molecule has 0 heterocycles. The van der Waals surface area contributed by atoms with Crippen LogP contribution in [0, 0.1) is 0 Å². The second-order valence-electron chi connectivity index (χ2n) is 22.4. The normalized spacial score (nSPS) is 12.2. The van der Waals surface area contributed by atoms with Crippen LogP contribution in [0.25, 0.3) is 0 Å². The molecule has 6 heteroatoms. The van der Waals surface area contributed by atoms with Gasteiger partial charge in [-0.2, -0.15) is 0 Å². The van der Waals surface area contributed by atoms with E-state index < -0.39 is 6.10 Å². The first-order valence-corrected chi connectivity index (χ1v) is 33.0. The van der Waals surface area contributed by atoms with Crippen molar-refractivity contribution in [1.82, 2.24) is 0 Å². The topological polar surface area (TPSA) is 78.9 Å². The van der Waals surface area contributed by atoms with Crippen molar-refractivity contribution in [3.63, 3.8) is 0 Å². The Hall–Kier alpha value is -2.37. The van der Waals surface area contributed by atoms with Crippen molar-refractivity contribution in [3.05, 3.63) is 36.5 Å². The van der Waals surface area contributed by atoms with Crippen LogP contribution in [0.4, 0.5) is 0 Å². The molecular weight excluding hydrogens is 913 g/mol. The first-order valence-electron chi connectivity index (χ1n) is 33.0. The summed E-state index contributed by atoms with van der Waals surface area (Å²) in [7, 11) is 0. The molecule has 1 unspecified atom stereocenters. The van der Waals surface area contributed by atoms with Gasteiger partial charge in [0.2, 0.25) is 0 Å². The summed E-state index contributed by atoms with van der Waals surface area (Å²) in [5.74, 6) is -0.865. The third kappa shape index (κ3) is 60.5. The SMILES string of the molecule is CC/C=C\C/C=C\C/C=C\CCCCCCCC(=O)OC(COC(=O)CCCCCCCCCCCCCCCCC)COC(=O)CCCCCCCCCCCCCCCCCCCCCCCCCCCC. The van der Waals surface area contributed by atoms with Gasteiger partial charge >= 0.3 is 17.9 Å². The van der Waals surface area contributed by atoms with Gasteiger partial charge in [0.1, 0.15) is 13.2 Å². The molecule has 0 bridgehead atoms. The lowest BCUT2D eigenvalue weighted by molar-refractivity contribution is -0.167. The molecule has 0 radical (unpaired) electrons. The predicted octanol–water partition coefficient (Wildman–Crippen LogP) is 22.4. The Morgan fingerprint density at radius 1 is 0.284 bits per heavy atom. The van der Waals surface area contributed by atoms with Gasteiger partial charge in [-0.25, -0.2) is 0 Å². The van der Waals surface area contributed by atoms with E-state index in [1.54, 1.807) is 0 Å².